The molecule has 2 aromatic carbocycles. The topological polar surface area (TPSA) is 12.0 Å². The average Bonchev–Trinajstić information content (AvgIpc) is 2.42. The lowest BCUT2D eigenvalue weighted by atomic mass is 9.91. The third kappa shape index (κ3) is 3.33. The van der Waals surface area contributed by atoms with Gasteiger partial charge in [-0.1, -0.05) is 35.9 Å². The number of nitrogens with one attached hydrogen (secondary N) is 1. The normalized spacial score (nSPS) is 12.5. The van der Waals surface area contributed by atoms with Crippen molar-refractivity contribution in [1.82, 2.24) is 5.32 Å². The molecular weight excluding hydrogens is 261 g/mol. The summed E-state index contributed by atoms with van der Waals surface area (Å²) in [4.78, 5) is 0. The van der Waals surface area contributed by atoms with E-state index in [-0.39, 0.29) is 11.9 Å². The molecule has 0 saturated heterocycles. The molecule has 0 spiro atoms. The lowest BCUT2D eigenvalue weighted by molar-refractivity contribution is 0.528. The van der Waals surface area contributed by atoms with Gasteiger partial charge in [-0.3, -0.25) is 0 Å². The molecule has 2 heteroatoms. The van der Waals surface area contributed by atoms with E-state index >= 15 is 0 Å². The third-order valence-electron chi connectivity index (χ3n) is 4.19. The molecule has 2 rings (SSSR count). The summed E-state index contributed by atoms with van der Waals surface area (Å²) in [5.74, 6) is -0.0979. The maximum Gasteiger partial charge on any atom is 0.130 e. The van der Waals surface area contributed by atoms with Crippen LogP contribution in [0.2, 0.25) is 0 Å². The van der Waals surface area contributed by atoms with Gasteiger partial charge in [0.15, 0.2) is 0 Å². The van der Waals surface area contributed by atoms with Crippen LogP contribution in [0, 0.1) is 33.5 Å². The molecular formula is C19H24FN. The number of likely N-dealkylation sites (N-methyl/N-ethyl adjacent to an activating group) is 1. The molecule has 0 aliphatic heterocycles. The molecule has 0 radical (unpaired) electrons. The van der Waals surface area contributed by atoms with Crippen LogP contribution in [0.1, 0.15) is 39.4 Å². The molecule has 21 heavy (non-hydrogen) atoms. The second kappa shape index (κ2) is 6.40. The van der Waals surface area contributed by atoms with Gasteiger partial charge in [-0.25, -0.2) is 4.39 Å². The summed E-state index contributed by atoms with van der Waals surface area (Å²) in [7, 11) is 1.89. The third-order valence-corrected chi connectivity index (χ3v) is 4.19. The quantitative estimate of drug-likeness (QED) is 0.868. The summed E-state index contributed by atoms with van der Waals surface area (Å²) in [6.07, 6.45) is 0.800. The van der Waals surface area contributed by atoms with Crippen molar-refractivity contribution in [2.75, 3.05) is 7.05 Å². The van der Waals surface area contributed by atoms with Crippen LogP contribution < -0.4 is 5.32 Å². The van der Waals surface area contributed by atoms with Crippen molar-refractivity contribution in [3.05, 3.63) is 69.5 Å². The Hall–Kier alpha value is -1.67. The van der Waals surface area contributed by atoms with Crippen molar-refractivity contribution >= 4 is 0 Å². The summed E-state index contributed by atoms with van der Waals surface area (Å²) >= 11 is 0. The highest BCUT2D eigenvalue weighted by Crippen LogP contribution is 2.26. The first-order valence-corrected chi connectivity index (χ1v) is 7.43. The Morgan fingerprint density at radius 2 is 1.62 bits per heavy atom. The molecule has 0 aliphatic carbocycles. The van der Waals surface area contributed by atoms with Crippen LogP contribution in [0.4, 0.5) is 4.39 Å². The van der Waals surface area contributed by atoms with Gasteiger partial charge in [-0.2, -0.15) is 0 Å². The fraction of sp³-hybridized carbons (Fsp3) is 0.368. The van der Waals surface area contributed by atoms with Crippen LogP contribution in [0.15, 0.2) is 30.3 Å². The number of halogens is 1. The minimum Gasteiger partial charge on any atom is -0.313 e. The molecule has 1 N–H and O–H groups in total. The van der Waals surface area contributed by atoms with E-state index in [1.54, 1.807) is 0 Å². The summed E-state index contributed by atoms with van der Waals surface area (Å²) in [5, 5.41) is 3.26. The average molecular weight is 285 g/mol. The van der Waals surface area contributed by atoms with Crippen LogP contribution >= 0.6 is 0 Å². The Morgan fingerprint density at radius 3 is 2.19 bits per heavy atom. The van der Waals surface area contributed by atoms with Gasteiger partial charge >= 0.3 is 0 Å². The molecule has 0 saturated carbocycles. The van der Waals surface area contributed by atoms with Gasteiger partial charge in [0.1, 0.15) is 5.82 Å². The van der Waals surface area contributed by atoms with Crippen LogP contribution in [-0.4, -0.2) is 7.05 Å². The van der Waals surface area contributed by atoms with E-state index in [9.17, 15) is 4.39 Å². The zero-order valence-corrected chi connectivity index (χ0v) is 13.5. The van der Waals surface area contributed by atoms with Gasteiger partial charge in [-0.15, -0.1) is 0 Å². The van der Waals surface area contributed by atoms with Crippen molar-refractivity contribution in [2.24, 2.45) is 0 Å². The van der Waals surface area contributed by atoms with Gasteiger partial charge in [0.05, 0.1) is 0 Å². The fourth-order valence-corrected chi connectivity index (χ4v) is 3.04. The van der Waals surface area contributed by atoms with Crippen molar-refractivity contribution in [3.63, 3.8) is 0 Å². The molecule has 1 nitrogen and oxygen atoms in total. The van der Waals surface area contributed by atoms with Crippen LogP contribution in [0.25, 0.3) is 0 Å². The van der Waals surface area contributed by atoms with E-state index in [4.69, 9.17) is 0 Å². The van der Waals surface area contributed by atoms with E-state index in [2.05, 4.69) is 38.2 Å². The van der Waals surface area contributed by atoms with Gasteiger partial charge in [0, 0.05) is 11.6 Å². The summed E-state index contributed by atoms with van der Waals surface area (Å²) in [6, 6.07) is 10.00. The number of hydrogen-bond acceptors (Lipinski definition) is 1. The van der Waals surface area contributed by atoms with Gasteiger partial charge < -0.3 is 5.32 Å². The minimum atomic E-state index is -0.0979. The maximum atomic E-state index is 14.4. The predicted octanol–water partition coefficient (Wildman–Crippen LogP) is 4.56. The first-order valence-electron chi connectivity index (χ1n) is 7.43. The highest BCUT2D eigenvalue weighted by atomic mass is 19.1. The van der Waals surface area contributed by atoms with Crippen molar-refractivity contribution in [3.8, 4) is 0 Å². The van der Waals surface area contributed by atoms with Crippen LogP contribution in [0.3, 0.4) is 0 Å². The minimum absolute atomic E-state index is 0.00925. The van der Waals surface area contributed by atoms with Gasteiger partial charge in [-0.05, 0) is 63.4 Å². The molecule has 1 unspecified atom stereocenters. The van der Waals surface area contributed by atoms with Crippen LogP contribution in [0.5, 0.6) is 0 Å². The number of benzene rings is 2. The molecule has 0 aliphatic rings. The molecule has 1 atom stereocenters. The van der Waals surface area contributed by atoms with E-state index in [1.807, 2.05) is 32.2 Å². The Kier molecular flexibility index (Phi) is 4.79. The summed E-state index contributed by atoms with van der Waals surface area (Å²) in [6.45, 7) is 8.19. The predicted molar refractivity (Wildman–Crippen MR) is 87.3 cm³/mol. The Balaban J connectivity index is 2.38. The van der Waals surface area contributed by atoms with Gasteiger partial charge in [0.2, 0.25) is 0 Å². The molecule has 0 fully saturated rings. The zero-order valence-electron chi connectivity index (χ0n) is 13.5. The molecule has 0 amide bonds. The Bertz CT molecular complexity index is 623. The van der Waals surface area contributed by atoms with Crippen LogP contribution in [-0.2, 0) is 6.42 Å². The Morgan fingerprint density at radius 1 is 1.00 bits per heavy atom. The van der Waals surface area contributed by atoms with Gasteiger partial charge in [0.25, 0.3) is 0 Å². The second-order valence-electron chi connectivity index (χ2n) is 5.90. The number of hydrogen-bond donors (Lipinski definition) is 1. The molecule has 0 aromatic heterocycles. The lowest BCUT2D eigenvalue weighted by Gasteiger charge is -2.21. The largest absolute Gasteiger partial charge is 0.313 e. The number of aryl methyl sites for hydroxylation is 4. The van der Waals surface area contributed by atoms with Crippen molar-refractivity contribution in [2.45, 2.75) is 40.2 Å². The highest BCUT2D eigenvalue weighted by Gasteiger charge is 2.17. The highest BCUT2D eigenvalue weighted by molar-refractivity contribution is 5.39. The van der Waals surface area contributed by atoms with E-state index in [1.165, 1.54) is 22.3 Å². The van der Waals surface area contributed by atoms with E-state index in [0.29, 0.717) is 5.56 Å². The standard InChI is InChI=1S/C19H24FN/c1-12-9-14(3)17(15(4)10-12)11-18(21-5)16-8-6-7-13(2)19(16)20/h6-10,18,21H,11H2,1-5H3. The molecule has 0 bridgehead atoms. The van der Waals surface area contributed by atoms with Crippen molar-refractivity contribution in [1.29, 1.82) is 0 Å². The fourth-order valence-electron chi connectivity index (χ4n) is 3.04. The lowest BCUT2D eigenvalue weighted by Crippen LogP contribution is -2.21. The SMILES string of the molecule is CNC(Cc1c(C)cc(C)cc1C)c1cccc(C)c1F. The zero-order chi connectivity index (χ0) is 15.6. The molecule has 0 heterocycles. The first kappa shape index (κ1) is 15.7. The second-order valence-corrected chi connectivity index (χ2v) is 5.90. The smallest absolute Gasteiger partial charge is 0.130 e. The van der Waals surface area contributed by atoms with Crippen molar-refractivity contribution < 1.29 is 4.39 Å². The van der Waals surface area contributed by atoms with E-state index in [0.717, 1.165) is 12.0 Å². The molecule has 2 aromatic rings. The molecule has 112 valence electrons. The first-order chi connectivity index (χ1) is 9.93. The summed E-state index contributed by atoms with van der Waals surface area (Å²) in [5.41, 5.74) is 6.58. The van der Waals surface area contributed by atoms with E-state index < -0.39 is 0 Å². The maximum absolute atomic E-state index is 14.4. The Labute approximate surface area is 127 Å². The monoisotopic (exact) mass is 285 g/mol. The summed E-state index contributed by atoms with van der Waals surface area (Å²) < 4.78 is 14.4. The number of rotatable bonds is 4.